The fourth-order valence-corrected chi connectivity index (χ4v) is 4.28. The summed E-state index contributed by atoms with van der Waals surface area (Å²) in [4.78, 5) is 13.0. The summed E-state index contributed by atoms with van der Waals surface area (Å²) in [7, 11) is 0. The van der Waals surface area contributed by atoms with Crippen molar-refractivity contribution in [2.24, 2.45) is 10.2 Å². The van der Waals surface area contributed by atoms with Crippen molar-refractivity contribution in [2.75, 3.05) is 6.61 Å². The van der Waals surface area contributed by atoms with Crippen molar-refractivity contribution in [3.63, 3.8) is 0 Å². The average molecular weight is 422 g/mol. The number of benzene rings is 3. The van der Waals surface area contributed by atoms with Gasteiger partial charge < -0.3 is 9.84 Å². The Morgan fingerprint density at radius 2 is 1.56 bits per heavy atom. The number of allylic oxidation sites excluding steroid dienone is 1. The Hall–Kier alpha value is -3.99. The molecule has 2 aliphatic rings. The first-order chi connectivity index (χ1) is 15.7. The molecule has 0 fully saturated rings. The summed E-state index contributed by atoms with van der Waals surface area (Å²) in [6.45, 7) is 2.56. The van der Waals surface area contributed by atoms with Gasteiger partial charge in [-0.3, -0.25) is 4.79 Å². The van der Waals surface area contributed by atoms with Crippen LogP contribution in [0.3, 0.4) is 0 Å². The van der Waals surface area contributed by atoms with Crippen LogP contribution in [0.15, 0.2) is 106 Å². The Bertz CT molecular complexity index is 1260. The van der Waals surface area contributed by atoms with E-state index in [2.05, 4.69) is 10.2 Å². The monoisotopic (exact) mass is 422 g/mol. The SMILES string of the molecule is CCOc1ccc([C@@H]2N=NC(C3=C(O)c4ccccc4C3=O)=C[C@H]2c2ccccc2)cc1. The van der Waals surface area contributed by atoms with Crippen molar-refractivity contribution in [1.82, 2.24) is 0 Å². The van der Waals surface area contributed by atoms with Gasteiger partial charge in [-0.25, -0.2) is 0 Å². The van der Waals surface area contributed by atoms with Crippen LogP contribution >= 0.6 is 0 Å². The van der Waals surface area contributed by atoms with E-state index in [-0.39, 0.29) is 29.1 Å². The lowest BCUT2D eigenvalue weighted by Gasteiger charge is -2.25. The van der Waals surface area contributed by atoms with Crippen LogP contribution in [0.25, 0.3) is 5.76 Å². The van der Waals surface area contributed by atoms with Gasteiger partial charge in [-0.1, -0.05) is 66.7 Å². The van der Waals surface area contributed by atoms with Gasteiger partial charge in [0.25, 0.3) is 0 Å². The van der Waals surface area contributed by atoms with E-state index in [1.165, 1.54) is 0 Å². The number of ketones is 1. The molecule has 1 aliphatic carbocycles. The van der Waals surface area contributed by atoms with Gasteiger partial charge in [-0.2, -0.15) is 10.2 Å². The average Bonchev–Trinajstić information content (AvgIpc) is 3.10. The third kappa shape index (κ3) is 3.42. The minimum atomic E-state index is -0.251. The molecule has 0 amide bonds. The predicted molar refractivity (Wildman–Crippen MR) is 123 cm³/mol. The van der Waals surface area contributed by atoms with Gasteiger partial charge in [-0.15, -0.1) is 0 Å². The molecule has 0 radical (unpaired) electrons. The van der Waals surface area contributed by atoms with Gasteiger partial charge in [0, 0.05) is 17.0 Å². The quantitative estimate of drug-likeness (QED) is 0.515. The molecule has 5 heteroatoms. The molecule has 158 valence electrons. The minimum Gasteiger partial charge on any atom is -0.506 e. The minimum absolute atomic E-state index is 0.0397. The van der Waals surface area contributed by atoms with E-state index in [9.17, 15) is 9.90 Å². The van der Waals surface area contributed by atoms with Crippen LogP contribution in [0, 0.1) is 0 Å². The summed E-state index contributed by atoms with van der Waals surface area (Å²) in [6, 6.07) is 24.7. The second kappa shape index (κ2) is 8.27. The number of carbonyl (C=O) groups excluding carboxylic acids is 1. The number of ether oxygens (including phenoxy) is 1. The number of hydrogen-bond donors (Lipinski definition) is 1. The number of aliphatic hydroxyl groups is 1. The van der Waals surface area contributed by atoms with E-state index in [0.29, 0.717) is 23.4 Å². The zero-order valence-electron chi connectivity index (χ0n) is 17.6. The molecular weight excluding hydrogens is 400 g/mol. The number of hydrogen-bond acceptors (Lipinski definition) is 5. The van der Waals surface area contributed by atoms with Crippen molar-refractivity contribution < 1.29 is 14.6 Å². The highest BCUT2D eigenvalue weighted by Crippen LogP contribution is 2.44. The molecule has 0 bridgehead atoms. The lowest BCUT2D eigenvalue weighted by Crippen LogP contribution is -2.13. The highest BCUT2D eigenvalue weighted by molar-refractivity contribution is 6.22. The van der Waals surface area contributed by atoms with Crippen LogP contribution in [0.1, 0.15) is 45.9 Å². The van der Waals surface area contributed by atoms with Crippen LogP contribution in [0.5, 0.6) is 5.75 Å². The maximum Gasteiger partial charge on any atom is 0.199 e. The number of aliphatic hydroxyl groups excluding tert-OH is 1. The molecule has 2 atom stereocenters. The topological polar surface area (TPSA) is 71.2 Å². The molecule has 32 heavy (non-hydrogen) atoms. The zero-order chi connectivity index (χ0) is 22.1. The van der Waals surface area contributed by atoms with Crippen molar-refractivity contribution >= 4 is 11.5 Å². The smallest absolute Gasteiger partial charge is 0.199 e. The van der Waals surface area contributed by atoms with Crippen LogP contribution < -0.4 is 4.74 Å². The second-order valence-electron chi connectivity index (χ2n) is 7.75. The molecule has 5 nitrogen and oxygen atoms in total. The molecule has 0 unspecified atom stereocenters. The number of Topliss-reactive ketones (excluding diaryl/α,β-unsaturated/α-hetero) is 1. The standard InChI is InChI=1S/C27H22N2O3/c1-2-32-19-14-12-18(13-15-19)25-22(17-8-4-3-5-9-17)16-23(28-29-25)24-26(30)20-10-6-7-11-21(20)27(24)31/h3-16,22,25,30H,2H2,1H3/t22-,25-/m0/s1. The molecular formula is C27H22N2O3. The third-order valence-corrected chi connectivity index (χ3v) is 5.83. The predicted octanol–water partition coefficient (Wildman–Crippen LogP) is 6.43. The van der Waals surface area contributed by atoms with Gasteiger partial charge in [0.05, 0.1) is 17.9 Å². The third-order valence-electron chi connectivity index (χ3n) is 5.83. The van der Waals surface area contributed by atoms with Gasteiger partial charge in [0.1, 0.15) is 17.6 Å². The number of rotatable bonds is 5. The number of fused-ring (bicyclic) bond motifs is 1. The maximum atomic E-state index is 13.0. The van der Waals surface area contributed by atoms with Gasteiger partial charge in [0.2, 0.25) is 0 Å². The summed E-state index contributed by atoms with van der Waals surface area (Å²) in [5.41, 5.74) is 3.70. The molecule has 1 aliphatic heterocycles. The summed E-state index contributed by atoms with van der Waals surface area (Å²) in [5.74, 6) is 0.399. The molecule has 3 aromatic rings. The highest BCUT2D eigenvalue weighted by Gasteiger charge is 2.35. The molecule has 5 rings (SSSR count). The molecule has 1 heterocycles. The molecule has 0 saturated carbocycles. The second-order valence-corrected chi connectivity index (χ2v) is 7.75. The van der Waals surface area contributed by atoms with E-state index in [4.69, 9.17) is 4.74 Å². The van der Waals surface area contributed by atoms with Crippen molar-refractivity contribution in [3.8, 4) is 5.75 Å². The first-order valence-corrected chi connectivity index (χ1v) is 10.7. The highest BCUT2D eigenvalue weighted by atomic mass is 16.5. The van der Waals surface area contributed by atoms with Crippen molar-refractivity contribution in [1.29, 1.82) is 0 Å². The van der Waals surface area contributed by atoms with Crippen LogP contribution in [-0.4, -0.2) is 17.5 Å². The van der Waals surface area contributed by atoms with E-state index in [1.54, 1.807) is 24.3 Å². The van der Waals surface area contributed by atoms with E-state index < -0.39 is 0 Å². The lowest BCUT2D eigenvalue weighted by atomic mass is 9.85. The number of azo groups is 1. The Kier molecular flexibility index (Phi) is 5.15. The molecule has 3 aromatic carbocycles. The summed E-state index contributed by atoms with van der Waals surface area (Å²) in [5, 5.41) is 19.8. The first-order valence-electron chi connectivity index (χ1n) is 10.7. The van der Waals surface area contributed by atoms with E-state index >= 15 is 0 Å². The van der Waals surface area contributed by atoms with Gasteiger partial charge >= 0.3 is 0 Å². The van der Waals surface area contributed by atoms with Crippen LogP contribution in [0.4, 0.5) is 0 Å². The largest absolute Gasteiger partial charge is 0.506 e. The fraction of sp³-hybridized carbons (Fsp3) is 0.148. The molecule has 0 saturated heterocycles. The fourth-order valence-electron chi connectivity index (χ4n) is 4.28. The zero-order valence-corrected chi connectivity index (χ0v) is 17.6. The molecule has 0 aromatic heterocycles. The molecule has 0 spiro atoms. The normalized spacial score (nSPS) is 19.7. The number of nitrogens with zero attached hydrogens (tertiary/aromatic N) is 2. The summed E-state index contributed by atoms with van der Waals surface area (Å²) in [6.07, 6.45) is 1.94. The Morgan fingerprint density at radius 3 is 2.25 bits per heavy atom. The van der Waals surface area contributed by atoms with Gasteiger partial charge in [-0.05, 0) is 36.3 Å². The first kappa shape index (κ1) is 19.9. The van der Waals surface area contributed by atoms with E-state index in [0.717, 1.165) is 16.9 Å². The van der Waals surface area contributed by atoms with E-state index in [1.807, 2.05) is 67.6 Å². The summed E-state index contributed by atoms with van der Waals surface area (Å²) >= 11 is 0. The van der Waals surface area contributed by atoms with Crippen molar-refractivity contribution in [2.45, 2.75) is 18.9 Å². The summed E-state index contributed by atoms with van der Waals surface area (Å²) < 4.78 is 5.56. The van der Waals surface area contributed by atoms with Crippen LogP contribution in [0.2, 0.25) is 0 Å². The van der Waals surface area contributed by atoms with Crippen LogP contribution in [-0.2, 0) is 0 Å². The van der Waals surface area contributed by atoms with Crippen molar-refractivity contribution in [3.05, 3.63) is 118 Å². The number of carbonyl (C=O) groups is 1. The Balaban J connectivity index is 1.56. The lowest BCUT2D eigenvalue weighted by molar-refractivity contribution is 0.103. The molecule has 1 N–H and O–H groups in total. The Morgan fingerprint density at radius 1 is 0.875 bits per heavy atom. The maximum absolute atomic E-state index is 13.0. The Labute approximate surface area is 186 Å². The van der Waals surface area contributed by atoms with Gasteiger partial charge in [0.15, 0.2) is 5.78 Å².